The van der Waals surface area contributed by atoms with Gasteiger partial charge in [-0.3, -0.25) is 0 Å². The molecule has 0 aromatic carbocycles. The Kier molecular flexibility index (Phi) is 6.45. The van der Waals surface area contributed by atoms with E-state index in [0.717, 1.165) is 32.0 Å². The summed E-state index contributed by atoms with van der Waals surface area (Å²) in [6.07, 6.45) is 6.42. The summed E-state index contributed by atoms with van der Waals surface area (Å²) < 4.78 is 11.2. The normalized spacial score (nSPS) is 18.4. The minimum atomic E-state index is -0.0623. The maximum atomic E-state index is 5.79. The molecule has 102 valence electrons. The zero-order valence-electron chi connectivity index (χ0n) is 11.9. The highest BCUT2D eigenvalue weighted by molar-refractivity contribution is 4.80. The zero-order valence-corrected chi connectivity index (χ0v) is 11.9. The molecule has 0 aliphatic heterocycles. The molecule has 0 amide bonds. The predicted molar refractivity (Wildman–Crippen MR) is 71.4 cm³/mol. The number of ether oxygens (including phenoxy) is 2. The van der Waals surface area contributed by atoms with Gasteiger partial charge in [0.15, 0.2) is 0 Å². The largest absolute Gasteiger partial charge is 0.379 e. The van der Waals surface area contributed by atoms with Gasteiger partial charge in [-0.25, -0.2) is 0 Å². The average molecular weight is 243 g/mol. The highest BCUT2D eigenvalue weighted by Gasteiger charge is 2.19. The second-order valence-corrected chi connectivity index (χ2v) is 5.77. The Bertz CT molecular complexity index is 202. The first kappa shape index (κ1) is 14.9. The maximum absolute atomic E-state index is 5.79. The predicted octanol–water partition coefficient (Wildman–Crippen LogP) is 2.74. The van der Waals surface area contributed by atoms with Crippen LogP contribution in [-0.4, -0.2) is 38.0 Å². The van der Waals surface area contributed by atoms with Crippen LogP contribution in [0.15, 0.2) is 0 Å². The van der Waals surface area contributed by atoms with Crippen LogP contribution in [0.25, 0.3) is 0 Å². The number of rotatable bonds is 10. The molecule has 1 rings (SSSR count). The van der Waals surface area contributed by atoms with Gasteiger partial charge in [0.2, 0.25) is 0 Å². The first-order valence-electron chi connectivity index (χ1n) is 6.93. The maximum Gasteiger partial charge on any atom is 0.0644 e. The Labute approximate surface area is 106 Å². The lowest BCUT2D eigenvalue weighted by Crippen LogP contribution is -2.26. The number of hydrogen-bond donors (Lipinski definition) is 1. The van der Waals surface area contributed by atoms with Crippen LogP contribution >= 0.6 is 0 Å². The molecule has 0 aromatic heterocycles. The highest BCUT2D eigenvalue weighted by Crippen LogP contribution is 2.18. The molecule has 0 bridgehead atoms. The summed E-state index contributed by atoms with van der Waals surface area (Å²) in [5.41, 5.74) is -0.0623. The molecule has 3 nitrogen and oxygen atoms in total. The van der Waals surface area contributed by atoms with Crippen molar-refractivity contribution in [1.29, 1.82) is 0 Å². The molecule has 0 saturated heterocycles. The van der Waals surface area contributed by atoms with E-state index in [1.165, 1.54) is 19.3 Å². The van der Waals surface area contributed by atoms with Crippen LogP contribution in [0, 0.1) is 0 Å². The second-order valence-electron chi connectivity index (χ2n) is 5.77. The third-order valence-electron chi connectivity index (χ3n) is 3.46. The molecule has 0 aromatic rings. The van der Waals surface area contributed by atoms with Crippen molar-refractivity contribution < 1.29 is 9.47 Å². The van der Waals surface area contributed by atoms with Crippen LogP contribution in [0.5, 0.6) is 0 Å². The van der Waals surface area contributed by atoms with Crippen LogP contribution in [0.3, 0.4) is 0 Å². The van der Waals surface area contributed by atoms with Gasteiger partial charge < -0.3 is 14.8 Å². The smallest absolute Gasteiger partial charge is 0.0644 e. The van der Waals surface area contributed by atoms with Crippen molar-refractivity contribution in [2.75, 3.05) is 20.3 Å². The molecule has 3 heteroatoms. The fraction of sp³-hybridized carbons (Fsp3) is 1.00. The Morgan fingerprint density at radius 1 is 1.35 bits per heavy atom. The molecule has 0 heterocycles. The van der Waals surface area contributed by atoms with Crippen LogP contribution in [0.1, 0.15) is 52.9 Å². The molecule has 1 atom stereocenters. The van der Waals surface area contributed by atoms with Gasteiger partial charge in [0.25, 0.3) is 0 Å². The fourth-order valence-electron chi connectivity index (χ4n) is 1.67. The van der Waals surface area contributed by atoms with E-state index < -0.39 is 0 Å². The lowest BCUT2D eigenvalue weighted by atomic mass is 10.1. The van der Waals surface area contributed by atoms with Crippen molar-refractivity contribution in [3.8, 4) is 0 Å². The third-order valence-corrected chi connectivity index (χ3v) is 3.46. The van der Waals surface area contributed by atoms with Crippen molar-refractivity contribution in [3.63, 3.8) is 0 Å². The van der Waals surface area contributed by atoms with Crippen LogP contribution in [-0.2, 0) is 9.47 Å². The van der Waals surface area contributed by atoms with E-state index in [4.69, 9.17) is 9.47 Å². The molecular formula is C14H29NO2. The van der Waals surface area contributed by atoms with Gasteiger partial charge in [0.1, 0.15) is 0 Å². The summed E-state index contributed by atoms with van der Waals surface area (Å²) in [6, 6.07) is 0.828. The van der Waals surface area contributed by atoms with E-state index in [9.17, 15) is 0 Å². The van der Waals surface area contributed by atoms with Crippen molar-refractivity contribution in [2.45, 2.75) is 70.6 Å². The van der Waals surface area contributed by atoms with E-state index in [1.807, 2.05) is 0 Å². The second kappa shape index (κ2) is 7.34. The van der Waals surface area contributed by atoms with E-state index >= 15 is 0 Å². The van der Waals surface area contributed by atoms with Crippen LogP contribution < -0.4 is 5.32 Å². The van der Waals surface area contributed by atoms with E-state index in [0.29, 0.717) is 6.10 Å². The summed E-state index contributed by atoms with van der Waals surface area (Å²) >= 11 is 0. The van der Waals surface area contributed by atoms with Gasteiger partial charge in [-0.15, -0.1) is 0 Å². The third kappa shape index (κ3) is 7.74. The number of hydrogen-bond acceptors (Lipinski definition) is 3. The molecule has 17 heavy (non-hydrogen) atoms. The topological polar surface area (TPSA) is 30.5 Å². The molecule has 1 unspecified atom stereocenters. The number of nitrogens with one attached hydrogen (secondary N) is 1. The summed E-state index contributed by atoms with van der Waals surface area (Å²) in [4.78, 5) is 0. The van der Waals surface area contributed by atoms with Gasteiger partial charge >= 0.3 is 0 Å². The minimum absolute atomic E-state index is 0.0623. The highest BCUT2D eigenvalue weighted by atomic mass is 16.5. The molecule has 1 aliphatic rings. The molecule has 1 aliphatic carbocycles. The van der Waals surface area contributed by atoms with E-state index in [2.05, 4.69) is 26.1 Å². The molecule has 1 saturated carbocycles. The van der Waals surface area contributed by atoms with Gasteiger partial charge in [0, 0.05) is 19.8 Å². The molecule has 0 radical (unpaired) electrons. The lowest BCUT2D eigenvalue weighted by Gasteiger charge is -2.23. The summed E-state index contributed by atoms with van der Waals surface area (Å²) in [5, 5.41) is 3.53. The minimum Gasteiger partial charge on any atom is -0.379 e. The van der Waals surface area contributed by atoms with E-state index in [-0.39, 0.29) is 5.60 Å². The summed E-state index contributed by atoms with van der Waals surface area (Å²) in [5.74, 6) is 0. The van der Waals surface area contributed by atoms with E-state index in [1.54, 1.807) is 7.11 Å². The SMILES string of the molecule is COC(C)(C)CCOC(C)CCCNC1CC1. The zero-order chi connectivity index (χ0) is 12.7. The molecule has 0 spiro atoms. The van der Waals surface area contributed by atoms with Gasteiger partial charge in [0.05, 0.1) is 11.7 Å². The Hall–Kier alpha value is -0.120. The first-order chi connectivity index (χ1) is 8.03. The van der Waals surface area contributed by atoms with Crippen LogP contribution in [0.4, 0.5) is 0 Å². The van der Waals surface area contributed by atoms with Gasteiger partial charge in [-0.2, -0.15) is 0 Å². The van der Waals surface area contributed by atoms with Crippen molar-refractivity contribution in [1.82, 2.24) is 5.32 Å². The van der Waals surface area contributed by atoms with Crippen molar-refractivity contribution >= 4 is 0 Å². The Morgan fingerprint density at radius 3 is 2.65 bits per heavy atom. The standard InChI is InChI=1S/C14H29NO2/c1-12(6-5-10-15-13-7-8-13)17-11-9-14(2,3)16-4/h12-13,15H,5-11H2,1-4H3. The quantitative estimate of drug-likeness (QED) is 0.598. The number of methoxy groups -OCH3 is 1. The Morgan fingerprint density at radius 2 is 2.06 bits per heavy atom. The lowest BCUT2D eigenvalue weighted by molar-refractivity contribution is -0.0248. The molecule has 1 fully saturated rings. The monoisotopic (exact) mass is 243 g/mol. The van der Waals surface area contributed by atoms with Gasteiger partial charge in [-0.05, 0) is 59.4 Å². The summed E-state index contributed by atoms with van der Waals surface area (Å²) in [7, 11) is 1.76. The fourth-order valence-corrected chi connectivity index (χ4v) is 1.67. The average Bonchev–Trinajstić information content (AvgIpc) is 3.08. The first-order valence-corrected chi connectivity index (χ1v) is 6.93. The molecular weight excluding hydrogens is 214 g/mol. The van der Waals surface area contributed by atoms with Crippen molar-refractivity contribution in [3.05, 3.63) is 0 Å². The van der Waals surface area contributed by atoms with Crippen molar-refractivity contribution in [2.24, 2.45) is 0 Å². The molecule has 1 N–H and O–H groups in total. The summed E-state index contributed by atoms with van der Waals surface area (Å²) in [6.45, 7) is 8.29. The van der Waals surface area contributed by atoms with Gasteiger partial charge in [-0.1, -0.05) is 0 Å². The van der Waals surface area contributed by atoms with Crippen LogP contribution in [0.2, 0.25) is 0 Å². The Balaban J connectivity index is 1.90.